The monoisotopic (exact) mass is 226 g/mol. The first-order chi connectivity index (χ1) is 6.77. The fourth-order valence-electron chi connectivity index (χ4n) is 0.615. The first-order valence-corrected chi connectivity index (χ1v) is 3.91. The van der Waals surface area contributed by atoms with Crippen LogP contribution >= 0.6 is 0 Å². The van der Waals surface area contributed by atoms with Gasteiger partial charge in [-0.05, 0) is 6.92 Å². The van der Waals surface area contributed by atoms with Crippen LogP contribution < -0.4 is 0 Å². The van der Waals surface area contributed by atoms with Gasteiger partial charge in [0.05, 0.1) is 12.7 Å². The van der Waals surface area contributed by atoms with E-state index in [2.05, 4.69) is 9.47 Å². The second-order valence-electron chi connectivity index (χ2n) is 2.35. The highest BCUT2D eigenvalue weighted by atomic mass is 19.4. The molecule has 0 amide bonds. The Balaban J connectivity index is 4.77. The van der Waals surface area contributed by atoms with Gasteiger partial charge in [0.2, 0.25) is 5.76 Å². The third-order valence-electron chi connectivity index (χ3n) is 1.07. The molecule has 0 atom stereocenters. The average Bonchev–Trinajstić information content (AvgIpc) is 2.00. The summed E-state index contributed by atoms with van der Waals surface area (Å²) in [5.74, 6) is -4.07. The quantitative estimate of drug-likeness (QED) is 0.416. The van der Waals surface area contributed by atoms with E-state index in [0.717, 1.165) is 6.92 Å². The highest BCUT2D eigenvalue weighted by Gasteiger charge is 2.37. The van der Waals surface area contributed by atoms with Crippen LogP contribution in [0.2, 0.25) is 0 Å². The molecule has 0 aromatic heterocycles. The van der Waals surface area contributed by atoms with E-state index in [1.807, 2.05) is 0 Å². The Bertz CT molecular complexity index is 280. The molecule has 0 spiro atoms. The first kappa shape index (κ1) is 13.5. The third-order valence-corrected chi connectivity index (χ3v) is 1.07. The molecule has 0 fully saturated rings. The molecule has 0 radical (unpaired) electrons. The first-order valence-electron chi connectivity index (χ1n) is 3.91. The number of carbonyl (C=O) groups is 2. The summed E-state index contributed by atoms with van der Waals surface area (Å²) >= 11 is 0. The van der Waals surface area contributed by atoms with Gasteiger partial charge in [-0.3, -0.25) is 4.79 Å². The zero-order chi connectivity index (χ0) is 12.1. The third kappa shape index (κ3) is 5.71. The van der Waals surface area contributed by atoms with Crippen molar-refractivity contribution in [1.82, 2.24) is 0 Å². The molecular formula is C8H9F3O4. The lowest BCUT2D eigenvalue weighted by molar-refractivity contribution is -0.159. The van der Waals surface area contributed by atoms with Crippen molar-refractivity contribution in [2.24, 2.45) is 0 Å². The van der Waals surface area contributed by atoms with E-state index in [9.17, 15) is 22.8 Å². The van der Waals surface area contributed by atoms with Gasteiger partial charge >= 0.3 is 18.1 Å². The lowest BCUT2D eigenvalue weighted by atomic mass is 10.4. The maximum absolute atomic E-state index is 12.1. The van der Waals surface area contributed by atoms with Crippen LogP contribution in [0, 0.1) is 0 Å². The second-order valence-corrected chi connectivity index (χ2v) is 2.35. The zero-order valence-corrected chi connectivity index (χ0v) is 8.05. The number of ether oxygens (including phenoxy) is 2. The maximum Gasteiger partial charge on any atom is 0.449 e. The molecule has 0 aliphatic carbocycles. The molecule has 0 aromatic carbocycles. The van der Waals surface area contributed by atoms with Crippen LogP contribution in [0.25, 0.3) is 0 Å². The molecule has 0 aliphatic rings. The van der Waals surface area contributed by atoms with Gasteiger partial charge in [0.1, 0.15) is 0 Å². The van der Waals surface area contributed by atoms with Crippen molar-refractivity contribution in [2.75, 3.05) is 6.61 Å². The van der Waals surface area contributed by atoms with E-state index in [1.54, 1.807) is 0 Å². The molecule has 7 heteroatoms. The predicted octanol–water partition coefficient (Wildman–Crippen LogP) is 1.56. The molecular weight excluding hydrogens is 217 g/mol. The van der Waals surface area contributed by atoms with Crippen molar-refractivity contribution >= 4 is 11.9 Å². The molecule has 15 heavy (non-hydrogen) atoms. The van der Waals surface area contributed by atoms with Crippen LogP contribution in [-0.4, -0.2) is 24.7 Å². The Kier molecular flexibility index (Phi) is 4.83. The number of rotatable bonds is 3. The van der Waals surface area contributed by atoms with Crippen molar-refractivity contribution in [3.8, 4) is 0 Å². The lowest BCUT2D eigenvalue weighted by Crippen LogP contribution is -2.19. The summed E-state index contributed by atoms with van der Waals surface area (Å²) in [5.41, 5.74) is 0. The number of esters is 2. The summed E-state index contributed by atoms with van der Waals surface area (Å²) in [7, 11) is 0. The van der Waals surface area contributed by atoms with Gasteiger partial charge in [0.15, 0.2) is 0 Å². The van der Waals surface area contributed by atoms with Crippen LogP contribution in [0.1, 0.15) is 13.8 Å². The lowest BCUT2D eigenvalue weighted by Gasteiger charge is -2.09. The van der Waals surface area contributed by atoms with Crippen molar-refractivity contribution < 1.29 is 32.2 Å². The van der Waals surface area contributed by atoms with E-state index in [-0.39, 0.29) is 12.7 Å². The van der Waals surface area contributed by atoms with E-state index in [0.29, 0.717) is 0 Å². The Labute approximate surface area is 83.7 Å². The Morgan fingerprint density at radius 2 is 1.87 bits per heavy atom. The normalized spacial score (nSPS) is 12.2. The topological polar surface area (TPSA) is 52.6 Å². The van der Waals surface area contributed by atoms with Crippen LogP contribution in [-0.2, 0) is 19.1 Å². The number of hydrogen-bond donors (Lipinski definition) is 0. The summed E-state index contributed by atoms with van der Waals surface area (Å²) in [6, 6.07) is 0. The van der Waals surface area contributed by atoms with Crippen LogP contribution in [0.5, 0.6) is 0 Å². The molecule has 0 rings (SSSR count). The number of hydrogen-bond acceptors (Lipinski definition) is 4. The van der Waals surface area contributed by atoms with Gasteiger partial charge in [-0.15, -0.1) is 0 Å². The van der Waals surface area contributed by atoms with Crippen molar-refractivity contribution in [2.45, 2.75) is 20.0 Å². The minimum atomic E-state index is -4.90. The van der Waals surface area contributed by atoms with Crippen molar-refractivity contribution in [3.05, 3.63) is 11.8 Å². The summed E-state index contributed by atoms with van der Waals surface area (Å²) in [6.45, 7) is 2.16. The summed E-state index contributed by atoms with van der Waals surface area (Å²) in [5, 5.41) is 0. The minimum Gasteiger partial charge on any atom is -0.463 e. The largest absolute Gasteiger partial charge is 0.463 e. The fraction of sp³-hybridized carbons (Fsp3) is 0.500. The number of halogens is 3. The van der Waals surface area contributed by atoms with Gasteiger partial charge in [0, 0.05) is 6.92 Å². The SMILES string of the molecule is CCOC(=O)C=C(OC(C)=O)C(F)(F)F. The van der Waals surface area contributed by atoms with Gasteiger partial charge in [-0.1, -0.05) is 0 Å². The van der Waals surface area contributed by atoms with Crippen molar-refractivity contribution in [1.29, 1.82) is 0 Å². The molecule has 4 nitrogen and oxygen atoms in total. The Morgan fingerprint density at radius 3 is 2.20 bits per heavy atom. The average molecular weight is 226 g/mol. The van der Waals surface area contributed by atoms with E-state index >= 15 is 0 Å². The molecule has 0 bridgehead atoms. The number of carbonyl (C=O) groups excluding carboxylic acids is 2. The molecule has 0 aliphatic heterocycles. The fourth-order valence-corrected chi connectivity index (χ4v) is 0.615. The number of allylic oxidation sites excluding steroid dienone is 1. The second kappa shape index (κ2) is 5.38. The van der Waals surface area contributed by atoms with Crippen molar-refractivity contribution in [3.63, 3.8) is 0 Å². The zero-order valence-electron chi connectivity index (χ0n) is 8.05. The highest BCUT2D eigenvalue weighted by molar-refractivity contribution is 5.83. The molecule has 0 saturated heterocycles. The summed E-state index contributed by atoms with van der Waals surface area (Å²) in [6.07, 6.45) is -4.82. The minimum absolute atomic E-state index is 0.0689. The standard InChI is InChI=1S/C8H9F3O4/c1-3-14-7(13)4-6(8(9,10)11)15-5(2)12/h4H,3H2,1-2H3. The highest BCUT2D eigenvalue weighted by Crippen LogP contribution is 2.26. The van der Waals surface area contributed by atoms with E-state index in [1.165, 1.54) is 6.92 Å². The number of alkyl halides is 3. The molecule has 0 unspecified atom stereocenters. The molecule has 0 N–H and O–H groups in total. The van der Waals surface area contributed by atoms with Gasteiger partial charge in [-0.2, -0.15) is 13.2 Å². The van der Waals surface area contributed by atoms with E-state index in [4.69, 9.17) is 0 Å². The van der Waals surface area contributed by atoms with E-state index < -0.39 is 23.9 Å². The summed E-state index contributed by atoms with van der Waals surface area (Å²) < 4.78 is 44.5. The Hall–Kier alpha value is -1.53. The molecule has 0 saturated carbocycles. The van der Waals surface area contributed by atoms with Gasteiger partial charge in [0.25, 0.3) is 0 Å². The predicted molar refractivity (Wildman–Crippen MR) is 42.5 cm³/mol. The molecule has 0 aromatic rings. The van der Waals surface area contributed by atoms with Gasteiger partial charge < -0.3 is 9.47 Å². The maximum atomic E-state index is 12.1. The molecule has 0 heterocycles. The van der Waals surface area contributed by atoms with Crippen LogP contribution in [0.15, 0.2) is 11.8 Å². The van der Waals surface area contributed by atoms with Crippen LogP contribution in [0.3, 0.4) is 0 Å². The van der Waals surface area contributed by atoms with Crippen LogP contribution in [0.4, 0.5) is 13.2 Å². The smallest absolute Gasteiger partial charge is 0.449 e. The van der Waals surface area contributed by atoms with Gasteiger partial charge in [-0.25, -0.2) is 4.79 Å². The Morgan fingerprint density at radius 1 is 1.33 bits per heavy atom. The summed E-state index contributed by atoms with van der Waals surface area (Å²) in [4.78, 5) is 21.0. The molecule has 86 valence electrons.